The molecule has 154 valence electrons. The second kappa shape index (κ2) is 28.7. The number of aliphatic hydroxyl groups excluding tert-OH is 1. The maximum atomic E-state index is 7.00. The Bertz CT molecular complexity index is 335. The lowest BCUT2D eigenvalue weighted by molar-refractivity contribution is 0.399. The molecule has 0 aliphatic carbocycles. The topological polar surface area (TPSA) is 32.3 Å². The van der Waals surface area contributed by atoms with Crippen LogP contribution >= 0.6 is 0 Å². The Morgan fingerprint density at radius 2 is 1.19 bits per heavy atom. The van der Waals surface area contributed by atoms with E-state index in [1.54, 1.807) is 0 Å². The van der Waals surface area contributed by atoms with E-state index in [9.17, 15) is 0 Å². The van der Waals surface area contributed by atoms with Crippen molar-refractivity contribution >= 4 is 0 Å². The highest BCUT2D eigenvalue weighted by molar-refractivity contribution is 5.22. The monoisotopic (exact) mass is 365 g/mol. The number of benzene rings is 1. The van der Waals surface area contributed by atoms with Crippen LogP contribution in [0.3, 0.4) is 0 Å². The molecule has 26 heavy (non-hydrogen) atoms. The van der Waals surface area contributed by atoms with Gasteiger partial charge in [0.2, 0.25) is 0 Å². The molecular formula is C24H47NO. The van der Waals surface area contributed by atoms with Crippen molar-refractivity contribution < 1.29 is 5.11 Å². The van der Waals surface area contributed by atoms with Gasteiger partial charge in [-0.25, -0.2) is 0 Å². The predicted octanol–water partition coefficient (Wildman–Crippen LogP) is 6.92. The van der Waals surface area contributed by atoms with Crippen LogP contribution in [0.1, 0.15) is 90.2 Å². The predicted molar refractivity (Wildman–Crippen MR) is 121 cm³/mol. The third-order valence-electron chi connectivity index (χ3n) is 3.88. The van der Waals surface area contributed by atoms with Gasteiger partial charge in [0.1, 0.15) is 0 Å². The van der Waals surface area contributed by atoms with E-state index in [0.29, 0.717) is 0 Å². The molecule has 1 rings (SSSR count). The average molecular weight is 366 g/mol. The Labute approximate surface area is 165 Å². The molecule has 0 unspecified atom stereocenters. The molecule has 0 bridgehead atoms. The molecule has 0 aromatic heterocycles. The minimum Gasteiger partial charge on any atom is -0.400 e. The summed E-state index contributed by atoms with van der Waals surface area (Å²) in [5.74, 6) is 0. The van der Waals surface area contributed by atoms with Crippen molar-refractivity contribution in [2.24, 2.45) is 0 Å². The molecule has 0 saturated carbocycles. The van der Waals surface area contributed by atoms with E-state index in [2.05, 4.69) is 56.6 Å². The lowest BCUT2D eigenvalue weighted by Gasteiger charge is -2.06. The van der Waals surface area contributed by atoms with Gasteiger partial charge in [0.15, 0.2) is 0 Å². The van der Waals surface area contributed by atoms with Crippen LogP contribution in [0.4, 0.5) is 0 Å². The van der Waals surface area contributed by atoms with E-state index in [1.807, 2.05) is 13.8 Å². The third-order valence-corrected chi connectivity index (χ3v) is 3.88. The van der Waals surface area contributed by atoms with Crippen molar-refractivity contribution in [2.45, 2.75) is 92.0 Å². The molecule has 2 N–H and O–H groups in total. The largest absolute Gasteiger partial charge is 0.400 e. The van der Waals surface area contributed by atoms with Crippen molar-refractivity contribution in [3.63, 3.8) is 0 Å². The second-order valence-electron chi connectivity index (χ2n) is 5.86. The molecule has 2 heteroatoms. The lowest BCUT2D eigenvalue weighted by Crippen LogP contribution is -2.14. The summed E-state index contributed by atoms with van der Waals surface area (Å²) in [6.45, 7) is 16.7. The van der Waals surface area contributed by atoms with Crippen LogP contribution in [0.15, 0.2) is 37.4 Å². The van der Waals surface area contributed by atoms with Crippen LogP contribution in [-0.4, -0.2) is 18.8 Å². The average Bonchev–Trinajstić information content (AvgIpc) is 2.73. The molecule has 0 spiro atoms. The zero-order chi connectivity index (χ0) is 20.5. The van der Waals surface area contributed by atoms with Gasteiger partial charge in [-0.1, -0.05) is 90.5 Å². The van der Waals surface area contributed by atoms with Crippen molar-refractivity contribution in [3.8, 4) is 0 Å². The van der Waals surface area contributed by atoms with Crippen molar-refractivity contribution in [1.82, 2.24) is 5.32 Å². The zero-order valence-corrected chi connectivity index (χ0v) is 18.4. The molecule has 0 aliphatic rings. The first-order chi connectivity index (χ1) is 12.9. The second-order valence-corrected chi connectivity index (χ2v) is 5.86. The van der Waals surface area contributed by atoms with Crippen LogP contribution in [-0.2, 0) is 13.0 Å². The number of hydrogen-bond acceptors (Lipinski definition) is 2. The number of rotatable bonds is 12. The summed E-state index contributed by atoms with van der Waals surface area (Å²) >= 11 is 0. The zero-order valence-electron chi connectivity index (χ0n) is 18.4. The first-order valence-corrected chi connectivity index (χ1v) is 10.6. The standard InChI is InChI=1S/C19H33N.C2H6.C2H4.CH4O/c1-3-5-7-8-9-10-11-18-12-14-19(15-13-18)17-20-16-6-4-2;3*1-2/h12-15,20H,3-11,16-17H2,1-2H3;1-2H3;1-2H2;2H,1H3. The molecule has 0 radical (unpaired) electrons. The van der Waals surface area contributed by atoms with Crippen LogP contribution in [0.2, 0.25) is 0 Å². The van der Waals surface area contributed by atoms with Crippen LogP contribution in [0.25, 0.3) is 0 Å². The maximum absolute atomic E-state index is 7.00. The Balaban J connectivity index is -0.000000795. The van der Waals surface area contributed by atoms with E-state index in [4.69, 9.17) is 5.11 Å². The Kier molecular flexibility index (Phi) is 32.7. The summed E-state index contributed by atoms with van der Waals surface area (Å²) in [5.41, 5.74) is 2.91. The third kappa shape index (κ3) is 20.9. The summed E-state index contributed by atoms with van der Waals surface area (Å²) < 4.78 is 0. The van der Waals surface area contributed by atoms with Gasteiger partial charge < -0.3 is 10.4 Å². The quantitative estimate of drug-likeness (QED) is 0.311. The molecule has 0 saturated heterocycles. The number of unbranched alkanes of at least 4 members (excludes halogenated alkanes) is 6. The van der Waals surface area contributed by atoms with Gasteiger partial charge >= 0.3 is 0 Å². The van der Waals surface area contributed by atoms with Gasteiger partial charge in [0, 0.05) is 13.7 Å². The van der Waals surface area contributed by atoms with E-state index in [-0.39, 0.29) is 0 Å². The molecule has 1 aromatic rings. The Morgan fingerprint density at radius 3 is 1.73 bits per heavy atom. The Hall–Kier alpha value is -1.12. The van der Waals surface area contributed by atoms with Crippen molar-refractivity contribution in [1.29, 1.82) is 0 Å². The van der Waals surface area contributed by atoms with Crippen LogP contribution < -0.4 is 5.32 Å². The summed E-state index contributed by atoms with van der Waals surface area (Å²) in [5, 5.41) is 10.5. The minimum atomic E-state index is 1.00. The molecule has 1 aromatic carbocycles. The first-order valence-electron chi connectivity index (χ1n) is 10.6. The number of hydrogen-bond donors (Lipinski definition) is 2. The van der Waals surface area contributed by atoms with Gasteiger partial charge in [-0.3, -0.25) is 0 Å². The van der Waals surface area contributed by atoms with E-state index >= 15 is 0 Å². The molecule has 2 nitrogen and oxygen atoms in total. The molecule has 0 heterocycles. The fourth-order valence-corrected chi connectivity index (χ4v) is 2.47. The van der Waals surface area contributed by atoms with Gasteiger partial charge in [0.25, 0.3) is 0 Å². The SMILES string of the molecule is C=C.CC.CCCCCCCCc1ccc(CNCCCC)cc1.CO. The van der Waals surface area contributed by atoms with Crippen LogP contribution in [0.5, 0.6) is 0 Å². The Morgan fingerprint density at radius 1 is 0.731 bits per heavy atom. The molecule has 0 atom stereocenters. The molecule has 0 aliphatic heterocycles. The van der Waals surface area contributed by atoms with E-state index in [1.165, 1.54) is 68.9 Å². The maximum Gasteiger partial charge on any atom is 0.0319 e. The van der Waals surface area contributed by atoms with Crippen molar-refractivity contribution in [2.75, 3.05) is 13.7 Å². The molecular weight excluding hydrogens is 318 g/mol. The highest BCUT2D eigenvalue weighted by atomic mass is 16.2. The van der Waals surface area contributed by atoms with E-state index < -0.39 is 0 Å². The molecule has 0 fully saturated rings. The summed E-state index contributed by atoms with van der Waals surface area (Å²) in [6, 6.07) is 9.18. The van der Waals surface area contributed by atoms with Crippen molar-refractivity contribution in [3.05, 3.63) is 48.6 Å². The van der Waals surface area contributed by atoms with Crippen LogP contribution in [0, 0.1) is 0 Å². The highest BCUT2D eigenvalue weighted by Crippen LogP contribution is 2.11. The highest BCUT2D eigenvalue weighted by Gasteiger charge is 1.96. The van der Waals surface area contributed by atoms with Gasteiger partial charge in [-0.2, -0.15) is 0 Å². The van der Waals surface area contributed by atoms with Gasteiger partial charge in [-0.15, -0.1) is 13.2 Å². The normalized spacial score (nSPS) is 9.00. The minimum absolute atomic E-state index is 1.00. The lowest BCUT2D eigenvalue weighted by atomic mass is 10.0. The number of aryl methyl sites for hydroxylation is 1. The summed E-state index contributed by atoms with van der Waals surface area (Å²) in [7, 11) is 1.00. The van der Waals surface area contributed by atoms with Gasteiger partial charge in [0.05, 0.1) is 0 Å². The number of nitrogens with one attached hydrogen (secondary N) is 1. The first kappa shape index (κ1) is 29.6. The smallest absolute Gasteiger partial charge is 0.0319 e. The molecule has 0 amide bonds. The fraction of sp³-hybridized carbons (Fsp3) is 0.667. The fourth-order valence-electron chi connectivity index (χ4n) is 2.47. The summed E-state index contributed by atoms with van der Waals surface area (Å²) in [6.07, 6.45) is 12.1. The van der Waals surface area contributed by atoms with Gasteiger partial charge in [-0.05, 0) is 36.9 Å². The number of aliphatic hydroxyl groups is 1. The summed E-state index contributed by atoms with van der Waals surface area (Å²) in [4.78, 5) is 0. The van der Waals surface area contributed by atoms with E-state index in [0.717, 1.165) is 20.2 Å².